The molecule has 0 saturated carbocycles. The molecule has 0 amide bonds. The average Bonchev–Trinajstić information content (AvgIpc) is 2.22. The summed E-state index contributed by atoms with van der Waals surface area (Å²) in [5.41, 5.74) is -0.936. The summed E-state index contributed by atoms with van der Waals surface area (Å²) in [5.74, 6) is 0.335. The summed E-state index contributed by atoms with van der Waals surface area (Å²) in [5, 5.41) is 0. The normalized spacial score (nSPS) is 12.2. The van der Waals surface area contributed by atoms with Crippen molar-refractivity contribution in [3.63, 3.8) is 0 Å². The van der Waals surface area contributed by atoms with E-state index in [1.54, 1.807) is 0 Å². The molecule has 96 valence electrons. The van der Waals surface area contributed by atoms with Crippen LogP contribution in [0.1, 0.15) is 27.7 Å². The van der Waals surface area contributed by atoms with E-state index >= 15 is 0 Å². The molecule has 0 bridgehead atoms. The maximum atomic E-state index is 12.0. The fraction of sp³-hybridized carbons (Fsp3) is 0.900. The number of carbonyl (C=O) groups is 1. The van der Waals surface area contributed by atoms with E-state index in [0.717, 1.165) is 7.11 Å². The largest absolute Gasteiger partial charge is 0.460 e. The second kappa shape index (κ2) is 7.05. The Morgan fingerprint density at radius 1 is 1.06 bits per heavy atom. The van der Waals surface area contributed by atoms with Crippen LogP contribution in [0.15, 0.2) is 0 Å². The molecule has 0 atom stereocenters. The highest BCUT2D eigenvalue weighted by atomic mass is 31.2. The number of carbonyl (C=O) groups excluding carboxylic acids is 1. The van der Waals surface area contributed by atoms with Gasteiger partial charge in [0.2, 0.25) is 0 Å². The molecule has 0 aromatic rings. The minimum Gasteiger partial charge on any atom is -0.460 e. The van der Waals surface area contributed by atoms with Gasteiger partial charge in [-0.1, -0.05) is 27.7 Å². The Kier molecular flexibility index (Phi) is 6.88. The van der Waals surface area contributed by atoms with Crippen molar-refractivity contribution in [2.45, 2.75) is 27.7 Å². The summed E-state index contributed by atoms with van der Waals surface area (Å²) in [4.78, 5) is 11.3. The quantitative estimate of drug-likeness (QED) is 0.650. The zero-order valence-electron chi connectivity index (χ0n) is 10.6. The lowest BCUT2D eigenvalue weighted by molar-refractivity contribution is 0.148. The van der Waals surface area contributed by atoms with Crippen LogP contribution in [0.5, 0.6) is 0 Å². The Bertz CT molecular complexity index is 246. The van der Waals surface area contributed by atoms with Crippen molar-refractivity contribution in [2.24, 2.45) is 11.8 Å². The second-order valence-electron chi connectivity index (χ2n) is 4.35. The van der Waals surface area contributed by atoms with Crippen molar-refractivity contribution in [1.82, 2.24) is 0 Å². The average molecular weight is 252 g/mol. The van der Waals surface area contributed by atoms with Crippen molar-refractivity contribution in [1.29, 1.82) is 0 Å². The first-order valence-electron chi connectivity index (χ1n) is 5.29. The summed E-state index contributed by atoms with van der Waals surface area (Å²) in [6.45, 7) is 7.97. The molecule has 0 radical (unpaired) electrons. The van der Waals surface area contributed by atoms with Crippen LogP contribution >= 0.6 is 7.60 Å². The van der Waals surface area contributed by atoms with Gasteiger partial charge in [-0.3, -0.25) is 0 Å². The van der Waals surface area contributed by atoms with Gasteiger partial charge in [-0.05, 0) is 11.8 Å². The van der Waals surface area contributed by atoms with Crippen LogP contribution in [0.25, 0.3) is 0 Å². The first-order chi connectivity index (χ1) is 7.31. The summed E-state index contributed by atoms with van der Waals surface area (Å²) in [7, 11) is -2.62. The first kappa shape index (κ1) is 15.6. The van der Waals surface area contributed by atoms with Gasteiger partial charge in [0.15, 0.2) is 0 Å². The van der Waals surface area contributed by atoms with E-state index in [2.05, 4.69) is 4.74 Å². The van der Waals surface area contributed by atoms with E-state index in [4.69, 9.17) is 9.05 Å². The van der Waals surface area contributed by atoms with Crippen molar-refractivity contribution >= 4 is 13.3 Å². The highest BCUT2D eigenvalue weighted by Gasteiger charge is 2.36. The van der Waals surface area contributed by atoms with Gasteiger partial charge < -0.3 is 13.8 Å². The van der Waals surface area contributed by atoms with Gasteiger partial charge in [0, 0.05) is 0 Å². The van der Waals surface area contributed by atoms with Crippen LogP contribution in [-0.2, 0) is 18.3 Å². The van der Waals surface area contributed by atoms with E-state index in [0.29, 0.717) is 0 Å². The molecule has 0 aromatic carbocycles. The molecule has 5 nitrogen and oxygen atoms in total. The summed E-state index contributed by atoms with van der Waals surface area (Å²) in [6.07, 6.45) is 0. The van der Waals surface area contributed by atoms with Gasteiger partial charge in [-0.25, -0.2) is 9.36 Å². The number of rotatable bonds is 7. The monoisotopic (exact) mass is 252 g/mol. The van der Waals surface area contributed by atoms with Crippen LogP contribution in [0.2, 0.25) is 0 Å². The fourth-order valence-electron chi connectivity index (χ4n) is 0.749. The molecule has 0 aliphatic heterocycles. The standard InChI is InChI=1S/C10H21O5P/c1-8(2)6-14-16(12,10(11)13-5)15-7-9(3)4/h8-9H,6-7H2,1-5H3. The van der Waals surface area contributed by atoms with E-state index in [-0.39, 0.29) is 25.0 Å². The summed E-state index contributed by atoms with van der Waals surface area (Å²) >= 11 is 0. The highest BCUT2D eigenvalue weighted by molar-refractivity contribution is 7.71. The molecule has 16 heavy (non-hydrogen) atoms. The topological polar surface area (TPSA) is 61.8 Å². The second-order valence-corrected chi connectivity index (χ2v) is 6.22. The molecule has 0 N–H and O–H groups in total. The molecule has 0 saturated heterocycles. The Morgan fingerprint density at radius 3 is 1.69 bits per heavy atom. The SMILES string of the molecule is COC(=O)P(=O)(OCC(C)C)OCC(C)C. The van der Waals surface area contributed by atoms with Crippen LogP contribution in [-0.4, -0.2) is 26.0 Å². The van der Waals surface area contributed by atoms with Gasteiger partial charge >= 0.3 is 13.3 Å². The maximum Gasteiger partial charge on any atom is 0.438 e. The summed E-state index contributed by atoms with van der Waals surface area (Å²) in [6, 6.07) is 0. The van der Waals surface area contributed by atoms with E-state index in [1.807, 2.05) is 27.7 Å². The molecule has 0 aliphatic rings. The zero-order chi connectivity index (χ0) is 12.8. The van der Waals surface area contributed by atoms with E-state index in [9.17, 15) is 9.36 Å². The van der Waals surface area contributed by atoms with Crippen LogP contribution in [0.3, 0.4) is 0 Å². The van der Waals surface area contributed by atoms with Crippen molar-refractivity contribution in [3.8, 4) is 0 Å². The Morgan fingerprint density at radius 2 is 1.44 bits per heavy atom. The molecule has 0 aliphatic carbocycles. The van der Waals surface area contributed by atoms with Crippen molar-refractivity contribution in [3.05, 3.63) is 0 Å². The van der Waals surface area contributed by atoms with Crippen molar-refractivity contribution in [2.75, 3.05) is 20.3 Å². The van der Waals surface area contributed by atoms with Crippen molar-refractivity contribution < 1.29 is 23.1 Å². The third-order valence-electron chi connectivity index (χ3n) is 1.55. The highest BCUT2D eigenvalue weighted by Crippen LogP contribution is 2.50. The van der Waals surface area contributed by atoms with Gasteiger partial charge in [-0.15, -0.1) is 0 Å². The van der Waals surface area contributed by atoms with E-state index < -0.39 is 13.3 Å². The fourth-order valence-corrected chi connectivity index (χ4v) is 2.25. The van der Waals surface area contributed by atoms with Crippen LogP contribution in [0, 0.1) is 11.8 Å². The number of ether oxygens (including phenoxy) is 1. The molecule has 6 heteroatoms. The predicted molar refractivity (Wildman–Crippen MR) is 61.6 cm³/mol. The van der Waals surface area contributed by atoms with E-state index in [1.165, 1.54) is 0 Å². The molecule has 0 unspecified atom stereocenters. The Balaban J connectivity index is 4.49. The minimum absolute atomic E-state index is 0.167. The molecule has 0 spiro atoms. The maximum absolute atomic E-state index is 12.0. The Hall–Kier alpha value is -0.380. The molecule has 0 heterocycles. The van der Waals surface area contributed by atoms with Gasteiger partial charge in [0.05, 0.1) is 20.3 Å². The molecule has 0 aromatic heterocycles. The van der Waals surface area contributed by atoms with Crippen LogP contribution in [0.4, 0.5) is 4.79 Å². The number of hydrogen-bond acceptors (Lipinski definition) is 5. The molecule has 0 rings (SSSR count). The van der Waals surface area contributed by atoms with Gasteiger partial charge in [-0.2, -0.15) is 0 Å². The zero-order valence-corrected chi connectivity index (χ0v) is 11.5. The van der Waals surface area contributed by atoms with Gasteiger partial charge in [0.25, 0.3) is 0 Å². The van der Waals surface area contributed by atoms with Gasteiger partial charge in [0.1, 0.15) is 0 Å². The first-order valence-corrected chi connectivity index (χ1v) is 6.83. The third kappa shape index (κ3) is 5.64. The summed E-state index contributed by atoms with van der Waals surface area (Å²) < 4.78 is 26.6. The number of methoxy groups -OCH3 is 1. The molecular weight excluding hydrogens is 231 g/mol. The Labute approximate surface area is 97.0 Å². The molecule has 0 fully saturated rings. The lowest BCUT2D eigenvalue weighted by Gasteiger charge is -2.18. The van der Waals surface area contributed by atoms with Crippen LogP contribution < -0.4 is 0 Å². The molecular formula is C10H21O5P. The number of hydrogen-bond donors (Lipinski definition) is 0. The predicted octanol–water partition coefficient (Wildman–Crippen LogP) is 3.29. The lowest BCUT2D eigenvalue weighted by atomic mass is 10.2. The third-order valence-corrected chi connectivity index (χ3v) is 3.16. The minimum atomic E-state index is -3.78. The lowest BCUT2D eigenvalue weighted by Crippen LogP contribution is -2.12. The smallest absolute Gasteiger partial charge is 0.438 e.